The SMILES string of the molecule is CC(CCCN)N1CCC(N(C)C)CC1. The molecule has 1 aliphatic heterocycles. The van der Waals surface area contributed by atoms with Crippen LogP contribution in [-0.2, 0) is 0 Å². The van der Waals surface area contributed by atoms with Crippen LogP contribution in [0.25, 0.3) is 0 Å². The maximum absolute atomic E-state index is 5.54. The van der Waals surface area contributed by atoms with Crippen molar-refractivity contribution < 1.29 is 0 Å². The molecule has 0 amide bonds. The van der Waals surface area contributed by atoms with E-state index in [1.165, 1.54) is 32.4 Å². The maximum Gasteiger partial charge on any atom is 0.0113 e. The molecule has 90 valence electrons. The number of hydrogen-bond donors (Lipinski definition) is 1. The van der Waals surface area contributed by atoms with Gasteiger partial charge in [0.2, 0.25) is 0 Å². The Morgan fingerprint density at radius 1 is 1.33 bits per heavy atom. The first-order valence-corrected chi connectivity index (χ1v) is 6.25. The molecule has 1 fully saturated rings. The Labute approximate surface area is 94.6 Å². The fourth-order valence-electron chi connectivity index (χ4n) is 2.44. The number of hydrogen-bond acceptors (Lipinski definition) is 3. The highest BCUT2D eigenvalue weighted by Crippen LogP contribution is 2.17. The summed E-state index contributed by atoms with van der Waals surface area (Å²) < 4.78 is 0. The van der Waals surface area contributed by atoms with Gasteiger partial charge in [0.25, 0.3) is 0 Å². The predicted octanol–water partition coefficient (Wildman–Crippen LogP) is 1.14. The molecule has 1 saturated heterocycles. The zero-order valence-corrected chi connectivity index (χ0v) is 10.6. The molecule has 1 heterocycles. The molecular weight excluding hydrogens is 186 g/mol. The van der Waals surface area contributed by atoms with Crippen LogP contribution in [-0.4, -0.2) is 55.6 Å². The highest BCUT2D eigenvalue weighted by atomic mass is 15.2. The van der Waals surface area contributed by atoms with Crippen LogP contribution in [0.15, 0.2) is 0 Å². The first kappa shape index (κ1) is 12.9. The van der Waals surface area contributed by atoms with E-state index in [0.717, 1.165) is 25.0 Å². The molecule has 1 rings (SSSR count). The topological polar surface area (TPSA) is 32.5 Å². The summed E-state index contributed by atoms with van der Waals surface area (Å²) in [6.45, 7) is 5.69. The summed E-state index contributed by atoms with van der Waals surface area (Å²) in [6, 6.07) is 1.51. The van der Waals surface area contributed by atoms with E-state index >= 15 is 0 Å². The normalized spacial score (nSPS) is 22.2. The van der Waals surface area contributed by atoms with Gasteiger partial charge in [0.1, 0.15) is 0 Å². The lowest BCUT2D eigenvalue weighted by Gasteiger charge is -2.38. The quantitative estimate of drug-likeness (QED) is 0.743. The van der Waals surface area contributed by atoms with Crippen molar-refractivity contribution >= 4 is 0 Å². The standard InChI is InChI=1S/C12H27N3/c1-11(5-4-8-13)15-9-6-12(7-10-15)14(2)3/h11-12H,4-10,13H2,1-3H3. The second-order valence-corrected chi connectivity index (χ2v) is 5.01. The fourth-order valence-corrected chi connectivity index (χ4v) is 2.44. The van der Waals surface area contributed by atoms with Crippen molar-refractivity contribution in [1.82, 2.24) is 9.80 Å². The van der Waals surface area contributed by atoms with E-state index in [-0.39, 0.29) is 0 Å². The molecule has 0 aliphatic carbocycles. The van der Waals surface area contributed by atoms with Gasteiger partial charge in [0, 0.05) is 12.1 Å². The molecule has 0 aromatic carbocycles. The molecule has 0 aromatic heterocycles. The Bertz CT molecular complexity index is 162. The monoisotopic (exact) mass is 213 g/mol. The second-order valence-electron chi connectivity index (χ2n) is 5.01. The fraction of sp³-hybridized carbons (Fsp3) is 1.00. The van der Waals surface area contributed by atoms with E-state index < -0.39 is 0 Å². The third-order valence-electron chi connectivity index (χ3n) is 3.68. The summed E-state index contributed by atoms with van der Waals surface area (Å²) in [5, 5.41) is 0. The van der Waals surface area contributed by atoms with Crippen molar-refractivity contribution in [1.29, 1.82) is 0 Å². The minimum atomic E-state index is 0.719. The molecule has 0 saturated carbocycles. The van der Waals surface area contributed by atoms with Crippen LogP contribution >= 0.6 is 0 Å². The van der Waals surface area contributed by atoms with Gasteiger partial charge in [-0.2, -0.15) is 0 Å². The number of nitrogens with two attached hydrogens (primary N) is 1. The first-order valence-electron chi connectivity index (χ1n) is 6.25. The summed E-state index contributed by atoms with van der Waals surface area (Å²) >= 11 is 0. The smallest absolute Gasteiger partial charge is 0.0113 e. The van der Waals surface area contributed by atoms with Crippen LogP contribution in [0.2, 0.25) is 0 Å². The van der Waals surface area contributed by atoms with Gasteiger partial charge >= 0.3 is 0 Å². The van der Waals surface area contributed by atoms with Crippen molar-refractivity contribution in [3.8, 4) is 0 Å². The molecule has 1 aliphatic rings. The van der Waals surface area contributed by atoms with E-state index in [1.54, 1.807) is 0 Å². The second kappa shape index (κ2) is 6.46. The summed E-state index contributed by atoms with van der Waals surface area (Å²) in [6.07, 6.45) is 5.05. The van der Waals surface area contributed by atoms with Gasteiger partial charge in [-0.3, -0.25) is 0 Å². The summed E-state index contributed by atoms with van der Waals surface area (Å²) in [5.74, 6) is 0. The minimum absolute atomic E-state index is 0.719. The lowest BCUT2D eigenvalue weighted by atomic mass is 10.0. The Balaban J connectivity index is 2.24. The van der Waals surface area contributed by atoms with Crippen molar-refractivity contribution in [3.05, 3.63) is 0 Å². The Hall–Kier alpha value is -0.120. The summed E-state index contributed by atoms with van der Waals surface area (Å²) in [7, 11) is 4.39. The maximum atomic E-state index is 5.54. The van der Waals surface area contributed by atoms with Gasteiger partial charge < -0.3 is 15.5 Å². The van der Waals surface area contributed by atoms with E-state index in [4.69, 9.17) is 5.73 Å². The zero-order chi connectivity index (χ0) is 11.3. The van der Waals surface area contributed by atoms with Crippen LogP contribution < -0.4 is 5.73 Å². The van der Waals surface area contributed by atoms with Gasteiger partial charge in [-0.1, -0.05) is 0 Å². The summed E-state index contributed by atoms with van der Waals surface area (Å²) in [4.78, 5) is 4.98. The minimum Gasteiger partial charge on any atom is -0.330 e. The molecule has 3 nitrogen and oxygen atoms in total. The molecule has 0 bridgehead atoms. The van der Waals surface area contributed by atoms with Crippen molar-refractivity contribution in [3.63, 3.8) is 0 Å². The number of piperidine rings is 1. The van der Waals surface area contributed by atoms with Crippen LogP contribution in [0.3, 0.4) is 0 Å². The van der Waals surface area contributed by atoms with Crippen LogP contribution in [0.1, 0.15) is 32.6 Å². The number of rotatable bonds is 5. The van der Waals surface area contributed by atoms with Crippen molar-refractivity contribution in [2.24, 2.45) is 5.73 Å². The number of likely N-dealkylation sites (tertiary alicyclic amines) is 1. The van der Waals surface area contributed by atoms with Gasteiger partial charge in [0.15, 0.2) is 0 Å². The van der Waals surface area contributed by atoms with Crippen LogP contribution in [0.4, 0.5) is 0 Å². The van der Waals surface area contributed by atoms with Crippen LogP contribution in [0.5, 0.6) is 0 Å². The molecular formula is C12H27N3. The molecule has 1 atom stereocenters. The van der Waals surface area contributed by atoms with Crippen molar-refractivity contribution in [2.75, 3.05) is 33.7 Å². The van der Waals surface area contributed by atoms with E-state index in [2.05, 4.69) is 30.8 Å². The van der Waals surface area contributed by atoms with E-state index in [1.807, 2.05) is 0 Å². The average Bonchev–Trinajstić information content (AvgIpc) is 2.26. The molecule has 0 spiro atoms. The highest BCUT2D eigenvalue weighted by Gasteiger charge is 2.23. The largest absolute Gasteiger partial charge is 0.330 e. The predicted molar refractivity (Wildman–Crippen MR) is 66.0 cm³/mol. The molecule has 0 aromatic rings. The van der Waals surface area contributed by atoms with Crippen molar-refractivity contribution in [2.45, 2.75) is 44.7 Å². The third-order valence-corrected chi connectivity index (χ3v) is 3.68. The molecule has 2 N–H and O–H groups in total. The molecule has 1 unspecified atom stereocenters. The Kier molecular flexibility index (Phi) is 5.58. The summed E-state index contributed by atoms with van der Waals surface area (Å²) in [5.41, 5.74) is 5.54. The highest BCUT2D eigenvalue weighted by molar-refractivity contribution is 4.79. The molecule has 15 heavy (non-hydrogen) atoms. The molecule has 0 radical (unpaired) electrons. The molecule has 3 heteroatoms. The van der Waals surface area contributed by atoms with Crippen LogP contribution in [0, 0.1) is 0 Å². The van der Waals surface area contributed by atoms with Gasteiger partial charge in [0.05, 0.1) is 0 Å². The lowest BCUT2D eigenvalue weighted by Crippen LogP contribution is -2.45. The average molecular weight is 213 g/mol. The zero-order valence-electron chi connectivity index (χ0n) is 10.6. The Morgan fingerprint density at radius 2 is 1.93 bits per heavy atom. The first-order chi connectivity index (χ1) is 7.15. The van der Waals surface area contributed by atoms with Gasteiger partial charge in [-0.25, -0.2) is 0 Å². The Morgan fingerprint density at radius 3 is 2.40 bits per heavy atom. The number of nitrogens with zero attached hydrogens (tertiary/aromatic N) is 2. The van der Waals surface area contributed by atoms with Gasteiger partial charge in [-0.05, 0) is 66.3 Å². The van der Waals surface area contributed by atoms with E-state index in [0.29, 0.717) is 0 Å². The lowest BCUT2D eigenvalue weighted by molar-refractivity contribution is 0.110. The van der Waals surface area contributed by atoms with Gasteiger partial charge in [-0.15, -0.1) is 0 Å². The van der Waals surface area contributed by atoms with E-state index in [9.17, 15) is 0 Å². The third kappa shape index (κ3) is 4.09.